The van der Waals surface area contributed by atoms with Crippen LogP contribution in [-0.4, -0.2) is 15.8 Å². The summed E-state index contributed by atoms with van der Waals surface area (Å²) >= 11 is 3.45. The highest BCUT2D eigenvalue weighted by atomic mass is 79.9. The van der Waals surface area contributed by atoms with Crippen LogP contribution in [0.3, 0.4) is 0 Å². The standard InChI is InChI=1S/C24H21BrN2O/c25-22-12-5-4-11-21(22)23(28)14-18-13-19-15-20(27-24(19)26-16-18)10-6-9-17-7-2-1-3-8-17/h1-5,7-8,11-13,15-16H,6,9-10,14H2,(H,26,27). The van der Waals surface area contributed by atoms with Gasteiger partial charge in [-0.25, -0.2) is 4.98 Å². The first-order valence-corrected chi connectivity index (χ1v) is 10.3. The number of aryl methyl sites for hydroxylation is 2. The Morgan fingerprint density at radius 1 is 0.929 bits per heavy atom. The fourth-order valence-corrected chi connectivity index (χ4v) is 3.95. The zero-order valence-electron chi connectivity index (χ0n) is 15.5. The number of hydrogen-bond acceptors (Lipinski definition) is 2. The van der Waals surface area contributed by atoms with E-state index >= 15 is 0 Å². The molecule has 0 aliphatic heterocycles. The lowest BCUT2D eigenvalue weighted by Crippen LogP contribution is -2.04. The zero-order chi connectivity index (χ0) is 19.3. The quantitative estimate of drug-likeness (QED) is 0.368. The Hall–Kier alpha value is -2.72. The first-order valence-electron chi connectivity index (χ1n) is 9.47. The maximum atomic E-state index is 12.6. The number of ketones is 1. The number of halogens is 1. The average Bonchev–Trinajstić information content (AvgIpc) is 3.11. The van der Waals surface area contributed by atoms with Crippen molar-refractivity contribution in [3.8, 4) is 0 Å². The molecule has 4 aromatic rings. The molecule has 28 heavy (non-hydrogen) atoms. The van der Waals surface area contributed by atoms with E-state index in [0.29, 0.717) is 12.0 Å². The van der Waals surface area contributed by atoms with Crippen LogP contribution in [0.25, 0.3) is 11.0 Å². The molecule has 0 radical (unpaired) electrons. The van der Waals surface area contributed by atoms with E-state index in [1.165, 1.54) is 11.3 Å². The Labute approximate surface area is 173 Å². The van der Waals surface area contributed by atoms with E-state index in [2.05, 4.69) is 62.3 Å². The molecular formula is C24H21BrN2O. The molecule has 4 heteroatoms. The van der Waals surface area contributed by atoms with Crippen LogP contribution >= 0.6 is 15.9 Å². The van der Waals surface area contributed by atoms with E-state index in [-0.39, 0.29) is 5.78 Å². The van der Waals surface area contributed by atoms with Gasteiger partial charge in [0.1, 0.15) is 5.65 Å². The molecule has 0 spiro atoms. The summed E-state index contributed by atoms with van der Waals surface area (Å²) in [6.45, 7) is 0. The third-order valence-corrected chi connectivity index (χ3v) is 5.57. The third kappa shape index (κ3) is 4.39. The SMILES string of the molecule is O=C(Cc1cnc2[nH]c(CCCc3ccccc3)cc2c1)c1ccccc1Br. The summed E-state index contributed by atoms with van der Waals surface area (Å²) in [4.78, 5) is 20.5. The van der Waals surface area contributed by atoms with Gasteiger partial charge in [0.15, 0.2) is 5.78 Å². The van der Waals surface area contributed by atoms with Gasteiger partial charge in [-0.1, -0.05) is 64.5 Å². The molecule has 2 heterocycles. The van der Waals surface area contributed by atoms with Crippen LogP contribution in [0.5, 0.6) is 0 Å². The highest BCUT2D eigenvalue weighted by molar-refractivity contribution is 9.10. The van der Waals surface area contributed by atoms with Crippen molar-refractivity contribution < 1.29 is 4.79 Å². The molecule has 2 aromatic carbocycles. The molecule has 1 N–H and O–H groups in total. The van der Waals surface area contributed by atoms with Crippen LogP contribution in [-0.2, 0) is 19.3 Å². The van der Waals surface area contributed by atoms with E-state index in [1.54, 1.807) is 6.20 Å². The Kier molecular flexibility index (Phi) is 5.68. The number of nitrogens with one attached hydrogen (secondary N) is 1. The van der Waals surface area contributed by atoms with E-state index in [9.17, 15) is 4.79 Å². The van der Waals surface area contributed by atoms with Gasteiger partial charge in [-0.3, -0.25) is 4.79 Å². The fourth-order valence-electron chi connectivity index (χ4n) is 3.44. The van der Waals surface area contributed by atoms with Gasteiger partial charge in [-0.15, -0.1) is 0 Å². The summed E-state index contributed by atoms with van der Waals surface area (Å²) in [5, 5.41) is 1.06. The van der Waals surface area contributed by atoms with Gasteiger partial charge in [-0.05, 0) is 48.6 Å². The van der Waals surface area contributed by atoms with Gasteiger partial charge in [0.2, 0.25) is 0 Å². The van der Waals surface area contributed by atoms with Gasteiger partial charge < -0.3 is 4.98 Å². The summed E-state index contributed by atoms with van der Waals surface area (Å²) in [6.07, 6.45) is 5.28. The number of pyridine rings is 1. The van der Waals surface area contributed by atoms with Crippen LogP contribution in [0.15, 0.2) is 77.4 Å². The Morgan fingerprint density at radius 3 is 2.54 bits per heavy atom. The second-order valence-corrected chi connectivity index (χ2v) is 7.85. The lowest BCUT2D eigenvalue weighted by Gasteiger charge is -2.03. The monoisotopic (exact) mass is 432 g/mol. The summed E-state index contributed by atoms with van der Waals surface area (Å²) in [7, 11) is 0. The van der Waals surface area contributed by atoms with Crippen LogP contribution in [0, 0.1) is 0 Å². The molecule has 0 bridgehead atoms. The molecule has 0 unspecified atom stereocenters. The molecule has 0 saturated heterocycles. The summed E-state index contributed by atoms with van der Waals surface area (Å²) in [6, 6.07) is 22.3. The van der Waals surface area contributed by atoms with E-state index < -0.39 is 0 Å². The molecule has 0 saturated carbocycles. The molecule has 4 rings (SSSR count). The van der Waals surface area contributed by atoms with Gasteiger partial charge in [0.05, 0.1) is 0 Å². The Balaban J connectivity index is 1.43. The molecule has 0 fully saturated rings. The molecule has 0 atom stereocenters. The number of rotatable bonds is 7. The lowest BCUT2D eigenvalue weighted by molar-refractivity contribution is 0.0992. The minimum atomic E-state index is 0.0900. The highest BCUT2D eigenvalue weighted by Crippen LogP contribution is 2.20. The van der Waals surface area contributed by atoms with Gasteiger partial charge in [-0.2, -0.15) is 0 Å². The van der Waals surface area contributed by atoms with E-state index in [4.69, 9.17) is 0 Å². The number of hydrogen-bond donors (Lipinski definition) is 1. The van der Waals surface area contributed by atoms with E-state index in [1.807, 2.05) is 30.3 Å². The second-order valence-electron chi connectivity index (χ2n) is 6.99. The molecule has 0 aliphatic carbocycles. The maximum Gasteiger partial charge on any atom is 0.168 e. The van der Waals surface area contributed by atoms with Crippen molar-refractivity contribution in [2.24, 2.45) is 0 Å². The number of H-pyrrole nitrogens is 1. The van der Waals surface area contributed by atoms with Crippen molar-refractivity contribution in [1.82, 2.24) is 9.97 Å². The van der Waals surface area contributed by atoms with Crippen LogP contribution < -0.4 is 0 Å². The number of carbonyl (C=O) groups is 1. The van der Waals surface area contributed by atoms with Crippen molar-refractivity contribution in [3.05, 3.63) is 99.8 Å². The minimum Gasteiger partial charge on any atom is -0.343 e. The van der Waals surface area contributed by atoms with Gasteiger partial charge in [0, 0.05) is 33.7 Å². The normalized spacial score (nSPS) is 11.0. The summed E-state index contributed by atoms with van der Waals surface area (Å²) < 4.78 is 0.830. The molecular weight excluding hydrogens is 412 g/mol. The van der Waals surface area contributed by atoms with Crippen molar-refractivity contribution in [1.29, 1.82) is 0 Å². The summed E-state index contributed by atoms with van der Waals surface area (Å²) in [5.74, 6) is 0.0900. The number of fused-ring (bicyclic) bond motifs is 1. The highest BCUT2D eigenvalue weighted by Gasteiger charge is 2.11. The van der Waals surface area contributed by atoms with Crippen molar-refractivity contribution >= 4 is 32.7 Å². The number of carbonyl (C=O) groups excluding carboxylic acids is 1. The number of Topliss-reactive ketones (excluding diaryl/α,β-unsaturated/α-hetero) is 1. The van der Waals surface area contributed by atoms with Crippen LogP contribution in [0.1, 0.15) is 33.6 Å². The van der Waals surface area contributed by atoms with Gasteiger partial charge >= 0.3 is 0 Å². The van der Waals surface area contributed by atoms with E-state index in [0.717, 1.165) is 40.3 Å². The van der Waals surface area contributed by atoms with Crippen molar-refractivity contribution in [2.45, 2.75) is 25.7 Å². The average molecular weight is 433 g/mol. The first kappa shape index (κ1) is 18.6. The molecule has 0 amide bonds. The van der Waals surface area contributed by atoms with Crippen LogP contribution in [0.4, 0.5) is 0 Å². The topological polar surface area (TPSA) is 45.8 Å². The molecule has 0 aliphatic rings. The maximum absolute atomic E-state index is 12.6. The lowest BCUT2D eigenvalue weighted by atomic mass is 10.0. The Morgan fingerprint density at radius 2 is 1.71 bits per heavy atom. The molecule has 140 valence electrons. The predicted octanol–water partition coefficient (Wildman–Crippen LogP) is 5.93. The molecule has 2 aromatic heterocycles. The number of aromatic nitrogens is 2. The molecule has 3 nitrogen and oxygen atoms in total. The van der Waals surface area contributed by atoms with Gasteiger partial charge in [0.25, 0.3) is 0 Å². The third-order valence-electron chi connectivity index (χ3n) is 4.88. The van der Waals surface area contributed by atoms with Crippen LogP contribution in [0.2, 0.25) is 0 Å². The first-order chi connectivity index (χ1) is 13.7. The number of aromatic amines is 1. The Bertz CT molecular complexity index is 1100. The second kappa shape index (κ2) is 8.53. The fraction of sp³-hybridized carbons (Fsp3) is 0.167. The summed E-state index contributed by atoms with van der Waals surface area (Å²) in [5.41, 5.74) is 5.07. The minimum absolute atomic E-state index is 0.0900. The number of nitrogens with zero attached hydrogens (tertiary/aromatic N) is 1. The van der Waals surface area contributed by atoms with Crippen molar-refractivity contribution in [3.63, 3.8) is 0 Å². The van der Waals surface area contributed by atoms with Crippen molar-refractivity contribution in [2.75, 3.05) is 0 Å². The predicted molar refractivity (Wildman–Crippen MR) is 117 cm³/mol. The smallest absolute Gasteiger partial charge is 0.168 e. The zero-order valence-corrected chi connectivity index (χ0v) is 17.1. The largest absolute Gasteiger partial charge is 0.343 e. The number of benzene rings is 2.